The van der Waals surface area contributed by atoms with E-state index in [-0.39, 0.29) is 12.4 Å². The van der Waals surface area contributed by atoms with Crippen molar-refractivity contribution in [2.45, 2.75) is 33.3 Å². The van der Waals surface area contributed by atoms with Crippen LogP contribution in [0, 0.1) is 5.82 Å². The number of rotatable bonds is 6. The number of aromatic nitrogens is 1. The third-order valence-electron chi connectivity index (χ3n) is 3.08. The number of hydrogen-bond donors (Lipinski definition) is 1. The van der Waals surface area contributed by atoms with Crippen molar-refractivity contribution in [3.8, 4) is 0 Å². The predicted octanol–water partition coefficient (Wildman–Crippen LogP) is 3.89. The maximum atomic E-state index is 13.0. The van der Waals surface area contributed by atoms with E-state index in [0.29, 0.717) is 0 Å². The van der Waals surface area contributed by atoms with Crippen molar-refractivity contribution in [2.75, 3.05) is 11.4 Å². The molecule has 0 aliphatic heterocycles. The number of aryl methyl sites for hydroxylation is 1. The van der Waals surface area contributed by atoms with Crippen molar-refractivity contribution >= 4 is 22.2 Å². The molecular weight excluding hydrogens is 275 g/mol. The van der Waals surface area contributed by atoms with E-state index in [0.717, 1.165) is 40.8 Å². The molecule has 1 heterocycles. The third kappa shape index (κ3) is 3.16. The second-order valence-electron chi connectivity index (χ2n) is 4.50. The van der Waals surface area contributed by atoms with Crippen LogP contribution < -0.4 is 4.90 Å². The second-order valence-corrected chi connectivity index (χ2v) is 5.56. The lowest BCUT2D eigenvalue weighted by Crippen LogP contribution is -2.15. The van der Waals surface area contributed by atoms with Crippen LogP contribution in [0.2, 0.25) is 0 Å². The van der Waals surface area contributed by atoms with Gasteiger partial charge in [-0.2, -0.15) is 0 Å². The van der Waals surface area contributed by atoms with Crippen LogP contribution in [0.25, 0.3) is 0 Å². The molecule has 0 bridgehead atoms. The van der Waals surface area contributed by atoms with Crippen molar-refractivity contribution < 1.29 is 9.50 Å². The number of aliphatic hydroxyl groups is 1. The molecule has 0 saturated carbocycles. The fourth-order valence-corrected chi connectivity index (χ4v) is 3.14. The van der Waals surface area contributed by atoms with Crippen molar-refractivity contribution in [1.29, 1.82) is 0 Å². The topological polar surface area (TPSA) is 36.4 Å². The van der Waals surface area contributed by atoms with Gasteiger partial charge in [0.05, 0.1) is 17.2 Å². The van der Waals surface area contributed by atoms with E-state index in [2.05, 4.69) is 11.9 Å². The molecule has 20 heavy (non-hydrogen) atoms. The van der Waals surface area contributed by atoms with Crippen molar-refractivity contribution in [3.05, 3.63) is 40.7 Å². The first-order valence-electron chi connectivity index (χ1n) is 6.82. The molecule has 0 amide bonds. The number of benzene rings is 1. The first kappa shape index (κ1) is 14.9. The smallest absolute Gasteiger partial charge is 0.190 e. The first-order valence-corrected chi connectivity index (χ1v) is 7.63. The Morgan fingerprint density at radius 3 is 2.50 bits per heavy atom. The molecule has 0 fully saturated rings. The summed E-state index contributed by atoms with van der Waals surface area (Å²) < 4.78 is 13.0. The lowest BCUT2D eigenvalue weighted by atomic mass is 10.2. The van der Waals surface area contributed by atoms with E-state index < -0.39 is 0 Å². The van der Waals surface area contributed by atoms with E-state index in [4.69, 9.17) is 0 Å². The Labute approximate surface area is 122 Å². The van der Waals surface area contributed by atoms with Crippen molar-refractivity contribution in [2.24, 2.45) is 0 Å². The normalized spacial score (nSPS) is 10.8. The molecule has 108 valence electrons. The van der Waals surface area contributed by atoms with Crippen LogP contribution in [0.5, 0.6) is 0 Å². The number of thiazole rings is 1. The van der Waals surface area contributed by atoms with Gasteiger partial charge >= 0.3 is 0 Å². The van der Waals surface area contributed by atoms with Gasteiger partial charge < -0.3 is 10.0 Å². The monoisotopic (exact) mass is 294 g/mol. The van der Waals surface area contributed by atoms with E-state index in [1.807, 2.05) is 11.8 Å². The fourth-order valence-electron chi connectivity index (χ4n) is 2.09. The largest absolute Gasteiger partial charge is 0.391 e. The van der Waals surface area contributed by atoms with E-state index in [1.165, 1.54) is 23.5 Å². The summed E-state index contributed by atoms with van der Waals surface area (Å²) in [5, 5.41) is 10.3. The van der Waals surface area contributed by atoms with E-state index in [1.54, 1.807) is 12.1 Å². The lowest BCUT2D eigenvalue weighted by molar-refractivity contribution is 0.284. The highest BCUT2D eigenvalue weighted by atomic mass is 32.1. The second kappa shape index (κ2) is 6.81. The number of anilines is 2. The Bertz CT molecular complexity index is 554. The average molecular weight is 294 g/mol. The highest BCUT2D eigenvalue weighted by molar-refractivity contribution is 7.15. The molecule has 3 nitrogen and oxygen atoms in total. The molecule has 0 aliphatic rings. The quantitative estimate of drug-likeness (QED) is 0.878. The van der Waals surface area contributed by atoms with Crippen LogP contribution in [-0.2, 0) is 13.0 Å². The molecule has 0 unspecified atom stereocenters. The number of halogens is 1. The van der Waals surface area contributed by atoms with Crippen molar-refractivity contribution in [1.82, 2.24) is 4.98 Å². The van der Waals surface area contributed by atoms with Gasteiger partial charge in [0.1, 0.15) is 5.82 Å². The molecule has 5 heteroatoms. The minimum Gasteiger partial charge on any atom is -0.391 e. The lowest BCUT2D eigenvalue weighted by Gasteiger charge is -2.19. The molecule has 1 aromatic carbocycles. The van der Waals surface area contributed by atoms with Crippen LogP contribution in [-0.4, -0.2) is 16.6 Å². The molecule has 1 aromatic heterocycles. The summed E-state index contributed by atoms with van der Waals surface area (Å²) in [5.74, 6) is -0.244. The number of aliphatic hydroxyl groups excluding tert-OH is 1. The van der Waals surface area contributed by atoms with Gasteiger partial charge in [0, 0.05) is 12.2 Å². The summed E-state index contributed by atoms with van der Waals surface area (Å²) in [6, 6.07) is 6.40. The fraction of sp³-hybridized carbons (Fsp3) is 0.400. The summed E-state index contributed by atoms with van der Waals surface area (Å²) in [7, 11) is 0. The zero-order valence-electron chi connectivity index (χ0n) is 11.8. The molecule has 1 N–H and O–H groups in total. The van der Waals surface area contributed by atoms with Gasteiger partial charge in [0.25, 0.3) is 0 Å². The molecule has 0 atom stereocenters. The Balaban J connectivity index is 2.33. The van der Waals surface area contributed by atoms with Gasteiger partial charge in [0.15, 0.2) is 5.13 Å². The molecule has 2 aromatic rings. The first-order chi connectivity index (χ1) is 9.69. The van der Waals surface area contributed by atoms with Crippen LogP contribution in [0.1, 0.15) is 30.8 Å². The minimum absolute atomic E-state index is 0.0218. The number of hydrogen-bond acceptors (Lipinski definition) is 4. The van der Waals surface area contributed by atoms with Gasteiger partial charge in [-0.15, -0.1) is 0 Å². The van der Waals surface area contributed by atoms with Crippen LogP contribution in [0.15, 0.2) is 24.3 Å². The predicted molar refractivity (Wildman–Crippen MR) is 81.1 cm³/mol. The van der Waals surface area contributed by atoms with E-state index >= 15 is 0 Å². The minimum atomic E-state index is -0.244. The van der Waals surface area contributed by atoms with Gasteiger partial charge in [-0.1, -0.05) is 24.7 Å². The number of nitrogens with zero attached hydrogens (tertiary/aromatic N) is 2. The summed E-state index contributed by atoms with van der Waals surface area (Å²) >= 11 is 1.50. The van der Waals surface area contributed by atoms with Gasteiger partial charge in [0.2, 0.25) is 0 Å². The standard InChI is InChI=1S/C15H19FN2OS/c1-3-5-13-14(10-19)20-15(17-13)18(4-2)12-8-6-11(16)7-9-12/h6-9,19H,3-5,10H2,1-2H3. The Morgan fingerprint density at radius 1 is 1.25 bits per heavy atom. The van der Waals surface area contributed by atoms with Crippen LogP contribution >= 0.6 is 11.3 Å². The Hall–Kier alpha value is -1.46. The van der Waals surface area contributed by atoms with E-state index in [9.17, 15) is 9.50 Å². The highest BCUT2D eigenvalue weighted by Crippen LogP contribution is 2.32. The average Bonchev–Trinajstić information content (AvgIpc) is 2.85. The molecule has 0 spiro atoms. The SMILES string of the molecule is CCCc1nc(N(CC)c2ccc(F)cc2)sc1CO. The van der Waals surface area contributed by atoms with Gasteiger partial charge in [-0.25, -0.2) is 9.37 Å². The molecule has 0 saturated heterocycles. The summed E-state index contributed by atoms with van der Waals surface area (Å²) in [4.78, 5) is 7.58. The van der Waals surface area contributed by atoms with Gasteiger partial charge in [-0.3, -0.25) is 0 Å². The zero-order valence-corrected chi connectivity index (χ0v) is 12.6. The maximum absolute atomic E-state index is 13.0. The Morgan fingerprint density at radius 2 is 1.95 bits per heavy atom. The summed E-state index contributed by atoms with van der Waals surface area (Å²) in [6.45, 7) is 4.89. The molecule has 0 aliphatic carbocycles. The molecular formula is C15H19FN2OS. The van der Waals surface area contributed by atoms with Gasteiger partial charge in [-0.05, 0) is 37.6 Å². The summed E-state index contributed by atoms with van der Waals surface area (Å²) in [6.07, 6.45) is 1.87. The third-order valence-corrected chi connectivity index (χ3v) is 4.19. The van der Waals surface area contributed by atoms with Crippen molar-refractivity contribution in [3.63, 3.8) is 0 Å². The summed E-state index contributed by atoms with van der Waals surface area (Å²) in [5.41, 5.74) is 1.88. The zero-order chi connectivity index (χ0) is 14.5. The highest BCUT2D eigenvalue weighted by Gasteiger charge is 2.15. The molecule has 2 rings (SSSR count). The van der Waals surface area contributed by atoms with Crippen LogP contribution in [0.4, 0.5) is 15.2 Å². The van der Waals surface area contributed by atoms with Crippen LogP contribution in [0.3, 0.4) is 0 Å². The Kier molecular flexibility index (Phi) is 5.09. The maximum Gasteiger partial charge on any atom is 0.190 e. The molecule has 0 radical (unpaired) electrons.